The minimum atomic E-state index is -0.228. The molecule has 1 saturated carbocycles. The molecule has 0 bridgehead atoms. The molecule has 2 aromatic heterocycles. The van der Waals surface area contributed by atoms with Crippen molar-refractivity contribution in [2.75, 3.05) is 5.73 Å². The van der Waals surface area contributed by atoms with E-state index in [0.717, 1.165) is 19.3 Å². The lowest BCUT2D eigenvalue weighted by atomic mass is 9.88. The molecule has 7 nitrogen and oxygen atoms in total. The summed E-state index contributed by atoms with van der Waals surface area (Å²) >= 11 is 0. The average Bonchev–Trinajstić information content (AvgIpc) is 2.56. The van der Waals surface area contributed by atoms with Crippen LogP contribution in [-0.4, -0.2) is 20.6 Å². The van der Waals surface area contributed by atoms with E-state index in [0.29, 0.717) is 24.5 Å². The average molecular weight is 327 g/mol. The van der Waals surface area contributed by atoms with Crippen molar-refractivity contribution in [1.29, 1.82) is 5.26 Å². The Morgan fingerprint density at radius 2 is 2.21 bits per heavy atom. The molecular weight excluding hydrogens is 306 g/mol. The van der Waals surface area contributed by atoms with Crippen LogP contribution >= 0.6 is 0 Å². The van der Waals surface area contributed by atoms with Crippen molar-refractivity contribution in [1.82, 2.24) is 14.5 Å². The summed E-state index contributed by atoms with van der Waals surface area (Å²) in [6.07, 6.45) is 6.46. The highest BCUT2D eigenvalue weighted by Gasteiger charge is 2.24. The Hall–Kier alpha value is -2.62. The molecule has 2 atom stereocenters. The standard InChI is InChI=1S/C17H21N5O2/c1-11-5-2-3-6-13(11)24-17-20-15(19)14-12(23)7-10-22(9-4-8-18)16(14)21-17/h7,10-11,13H,2-6,9H2,1H3,(H2,19,20,21)/t11-,13+/m0/s1. The van der Waals surface area contributed by atoms with Gasteiger partial charge in [0.15, 0.2) is 11.1 Å². The molecule has 2 N–H and O–H groups in total. The van der Waals surface area contributed by atoms with Gasteiger partial charge in [0.25, 0.3) is 0 Å². The van der Waals surface area contributed by atoms with E-state index < -0.39 is 0 Å². The summed E-state index contributed by atoms with van der Waals surface area (Å²) < 4.78 is 7.72. The second-order valence-electron chi connectivity index (χ2n) is 6.29. The Labute approximate surface area is 140 Å². The van der Waals surface area contributed by atoms with E-state index in [2.05, 4.69) is 23.0 Å². The lowest BCUT2D eigenvalue weighted by molar-refractivity contribution is 0.0928. The molecule has 0 spiro atoms. The quantitative estimate of drug-likeness (QED) is 0.923. The number of ether oxygens (including phenoxy) is 1. The van der Waals surface area contributed by atoms with E-state index in [4.69, 9.17) is 15.7 Å². The molecule has 1 fully saturated rings. The number of pyridine rings is 1. The molecule has 0 unspecified atom stereocenters. The molecule has 0 aliphatic heterocycles. The number of aromatic nitrogens is 3. The molecule has 0 radical (unpaired) electrons. The molecule has 2 heterocycles. The van der Waals surface area contributed by atoms with Crippen LogP contribution in [0.3, 0.4) is 0 Å². The van der Waals surface area contributed by atoms with Crippen molar-refractivity contribution in [3.05, 3.63) is 22.5 Å². The Kier molecular flexibility index (Phi) is 4.65. The number of rotatable bonds is 4. The molecule has 24 heavy (non-hydrogen) atoms. The number of nitrogens with two attached hydrogens (primary N) is 1. The van der Waals surface area contributed by atoms with Gasteiger partial charge in [0.2, 0.25) is 0 Å². The van der Waals surface area contributed by atoms with Crippen molar-refractivity contribution in [2.24, 2.45) is 5.92 Å². The number of fused-ring (bicyclic) bond motifs is 1. The van der Waals surface area contributed by atoms with Crippen LogP contribution in [0.5, 0.6) is 6.01 Å². The summed E-state index contributed by atoms with van der Waals surface area (Å²) in [5.41, 5.74) is 6.18. The molecule has 2 aromatic rings. The van der Waals surface area contributed by atoms with Gasteiger partial charge in [-0.05, 0) is 25.2 Å². The van der Waals surface area contributed by atoms with Crippen LogP contribution < -0.4 is 15.9 Å². The molecule has 3 rings (SSSR count). The lowest BCUT2D eigenvalue weighted by Gasteiger charge is -2.28. The fraction of sp³-hybridized carbons (Fsp3) is 0.529. The lowest BCUT2D eigenvalue weighted by Crippen LogP contribution is -2.29. The van der Waals surface area contributed by atoms with Crippen LogP contribution in [0.1, 0.15) is 39.0 Å². The summed E-state index contributed by atoms with van der Waals surface area (Å²) in [4.78, 5) is 20.7. The smallest absolute Gasteiger partial charge is 0.320 e. The largest absolute Gasteiger partial charge is 0.460 e. The molecular formula is C17H21N5O2. The third-order valence-electron chi connectivity index (χ3n) is 4.58. The van der Waals surface area contributed by atoms with Crippen LogP contribution in [0.2, 0.25) is 0 Å². The molecule has 1 aliphatic rings. The van der Waals surface area contributed by atoms with Gasteiger partial charge in [-0.25, -0.2) is 0 Å². The van der Waals surface area contributed by atoms with E-state index in [9.17, 15) is 4.79 Å². The van der Waals surface area contributed by atoms with E-state index in [1.165, 1.54) is 12.5 Å². The number of anilines is 1. The third-order valence-corrected chi connectivity index (χ3v) is 4.58. The second-order valence-corrected chi connectivity index (χ2v) is 6.29. The van der Waals surface area contributed by atoms with Crippen molar-refractivity contribution >= 4 is 16.9 Å². The maximum absolute atomic E-state index is 12.1. The molecule has 0 amide bonds. The summed E-state index contributed by atoms with van der Waals surface area (Å²) in [7, 11) is 0. The zero-order valence-corrected chi connectivity index (χ0v) is 13.7. The zero-order valence-electron chi connectivity index (χ0n) is 13.7. The first-order valence-corrected chi connectivity index (χ1v) is 8.30. The first kappa shape index (κ1) is 16.2. The zero-order chi connectivity index (χ0) is 17.1. The van der Waals surface area contributed by atoms with Gasteiger partial charge in [0.1, 0.15) is 17.3 Å². The summed E-state index contributed by atoms with van der Waals surface area (Å²) in [6.45, 7) is 2.60. The molecule has 1 aliphatic carbocycles. The van der Waals surface area contributed by atoms with E-state index in [-0.39, 0.29) is 28.7 Å². The summed E-state index contributed by atoms with van der Waals surface area (Å²) in [6, 6.07) is 3.71. The highest BCUT2D eigenvalue weighted by molar-refractivity contribution is 5.85. The number of nitrogen functional groups attached to an aromatic ring is 1. The fourth-order valence-electron chi connectivity index (χ4n) is 3.20. The topological polar surface area (TPSA) is 107 Å². The third kappa shape index (κ3) is 3.18. The minimum absolute atomic E-state index is 0.0681. The van der Waals surface area contributed by atoms with Crippen molar-refractivity contribution in [3.8, 4) is 12.1 Å². The molecule has 7 heteroatoms. The van der Waals surface area contributed by atoms with Crippen LogP contribution in [0.15, 0.2) is 17.1 Å². The first-order valence-electron chi connectivity index (χ1n) is 8.30. The Morgan fingerprint density at radius 1 is 1.42 bits per heavy atom. The highest BCUT2D eigenvalue weighted by atomic mass is 16.5. The van der Waals surface area contributed by atoms with Gasteiger partial charge in [-0.1, -0.05) is 13.3 Å². The second kappa shape index (κ2) is 6.87. The monoisotopic (exact) mass is 327 g/mol. The Balaban J connectivity index is 2.01. The predicted octanol–water partition coefficient (Wildman–Crippen LogP) is 2.24. The van der Waals surface area contributed by atoms with Crippen molar-refractivity contribution in [2.45, 2.75) is 51.7 Å². The first-order chi connectivity index (χ1) is 11.6. The Morgan fingerprint density at radius 3 is 2.96 bits per heavy atom. The molecule has 0 aromatic carbocycles. The van der Waals surface area contributed by atoms with Gasteiger partial charge in [-0.2, -0.15) is 15.2 Å². The maximum Gasteiger partial charge on any atom is 0.320 e. The number of nitriles is 1. The number of nitrogens with zero attached hydrogens (tertiary/aromatic N) is 4. The number of hydrogen-bond donors (Lipinski definition) is 1. The number of hydrogen-bond acceptors (Lipinski definition) is 6. The fourth-order valence-corrected chi connectivity index (χ4v) is 3.20. The van der Waals surface area contributed by atoms with E-state index in [1.807, 2.05) is 0 Å². The van der Waals surface area contributed by atoms with E-state index in [1.54, 1.807) is 10.8 Å². The van der Waals surface area contributed by atoms with Crippen LogP contribution in [0.25, 0.3) is 11.0 Å². The predicted molar refractivity (Wildman–Crippen MR) is 90.5 cm³/mol. The van der Waals surface area contributed by atoms with Gasteiger partial charge in [0.05, 0.1) is 12.5 Å². The molecule has 126 valence electrons. The summed E-state index contributed by atoms with van der Waals surface area (Å²) in [5.74, 6) is 0.561. The van der Waals surface area contributed by atoms with Crippen LogP contribution in [-0.2, 0) is 6.54 Å². The van der Waals surface area contributed by atoms with Crippen molar-refractivity contribution < 1.29 is 4.74 Å². The van der Waals surface area contributed by atoms with Crippen LogP contribution in [0.4, 0.5) is 5.82 Å². The van der Waals surface area contributed by atoms with Crippen molar-refractivity contribution in [3.63, 3.8) is 0 Å². The van der Waals surface area contributed by atoms with Gasteiger partial charge >= 0.3 is 6.01 Å². The highest BCUT2D eigenvalue weighted by Crippen LogP contribution is 2.28. The van der Waals surface area contributed by atoms with Crippen LogP contribution in [0, 0.1) is 17.2 Å². The molecule has 0 saturated heterocycles. The van der Waals surface area contributed by atoms with Gasteiger partial charge in [-0.15, -0.1) is 0 Å². The number of aryl methyl sites for hydroxylation is 1. The Bertz CT molecular complexity index is 839. The van der Waals surface area contributed by atoms with Gasteiger partial charge in [0, 0.05) is 18.8 Å². The minimum Gasteiger partial charge on any atom is -0.460 e. The SMILES string of the molecule is C[C@H]1CCCC[C@H]1Oc1nc(N)c2c(=O)ccn(CCC#N)c2n1. The van der Waals surface area contributed by atoms with Gasteiger partial charge < -0.3 is 15.0 Å². The maximum atomic E-state index is 12.1. The normalized spacial score (nSPS) is 20.7. The van der Waals surface area contributed by atoms with Gasteiger partial charge in [-0.3, -0.25) is 4.79 Å². The summed E-state index contributed by atoms with van der Waals surface area (Å²) in [5, 5.41) is 9.08. The van der Waals surface area contributed by atoms with E-state index >= 15 is 0 Å².